The molecule has 0 aliphatic heterocycles. The Bertz CT molecular complexity index is 1200. The van der Waals surface area contributed by atoms with E-state index in [2.05, 4.69) is 4.98 Å². The lowest BCUT2D eigenvalue weighted by atomic mass is 10.2. The summed E-state index contributed by atoms with van der Waals surface area (Å²) in [6, 6.07) is 8.09. The Morgan fingerprint density at radius 3 is 2.83 bits per heavy atom. The lowest BCUT2D eigenvalue weighted by molar-refractivity contribution is 0.0697. The van der Waals surface area contributed by atoms with Crippen LogP contribution >= 0.6 is 22.9 Å². The second kappa shape index (κ2) is 4.74. The van der Waals surface area contributed by atoms with Gasteiger partial charge in [-0.25, -0.2) is 14.2 Å². The van der Waals surface area contributed by atoms with E-state index in [1.807, 2.05) is 0 Å². The Labute approximate surface area is 136 Å². The SMILES string of the molecule is O=C(O)c1c(=O)c2cc(F)c(Cl)nc2n2c1sc1ccccc12. The molecule has 0 amide bonds. The molecule has 0 spiro atoms. The van der Waals surface area contributed by atoms with E-state index in [0.29, 0.717) is 5.52 Å². The quantitative estimate of drug-likeness (QED) is 0.534. The smallest absolute Gasteiger partial charge is 0.342 e. The highest BCUT2D eigenvalue weighted by molar-refractivity contribution is 7.24. The van der Waals surface area contributed by atoms with Crippen molar-refractivity contribution in [1.82, 2.24) is 9.38 Å². The van der Waals surface area contributed by atoms with Crippen molar-refractivity contribution in [2.45, 2.75) is 0 Å². The normalized spacial score (nSPS) is 11.6. The summed E-state index contributed by atoms with van der Waals surface area (Å²) in [4.78, 5) is 28.2. The van der Waals surface area contributed by atoms with Gasteiger partial charge in [0.2, 0.25) is 5.43 Å². The number of pyridine rings is 2. The molecule has 0 unspecified atom stereocenters. The summed E-state index contributed by atoms with van der Waals surface area (Å²) in [6.07, 6.45) is 0. The summed E-state index contributed by atoms with van der Waals surface area (Å²) in [7, 11) is 0. The molecule has 3 heterocycles. The van der Waals surface area contributed by atoms with Gasteiger partial charge in [-0.05, 0) is 18.2 Å². The minimum Gasteiger partial charge on any atom is -0.477 e. The first-order valence-electron chi connectivity index (χ1n) is 6.44. The Kier molecular flexibility index (Phi) is 2.91. The number of carbonyl (C=O) groups is 1. The zero-order chi connectivity index (χ0) is 16.3. The highest BCUT2D eigenvalue weighted by Crippen LogP contribution is 2.31. The number of rotatable bonds is 1. The fourth-order valence-corrected chi connectivity index (χ4v) is 3.89. The number of carboxylic acid groups (broad SMARTS) is 1. The standard InChI is InChI=1S/C15H6ClFN2O3S/c16-12-7(17)5-6-11(20)10(15(21)22)14-19(13(6)18-12)8-3-1-2-4-9(8)23-14/h1-5H,(H,21,22). The zero-order valence-corrected chi connectivity index (χ0v) is 12.8. The summed E-state index contributed by atoms with van der Waals surface area (Å²) in [5.74, 6) is -2.23. The monoisotopic (exact) mass is 348 g/mol. The number of benzene rings is 1. The Morgan fingerprint density at radius 2 is 2.09 bits per heavy atom. The third-order valence-electron chi connectivity index (χ3n) is 3.54. The van der Waals surface area contributed by atoms with Crippen LogP contribution in [0.5, 0.6) is 0 Å². The topological polar surface area (TPSA) is 71.7 Å². The maximum atomic E-state index is 13.7. The van der Waals surface area contributed by atoms with E-state index in [4.69, 9.17) is 11.6 Å². The van der Waals surface area contributed by atoms with E-state index in [-0.39, 0.29) is 21.0 Å². The molecule has 114 valence electrons. The van der Waals surface area contributed by atoms with Crippen LogP contribution in [0.25, 0.3) is 26.1 Å². The molecule has 0 aliphatic rings. The van der Waals surface area contributed by atoms with Gasteiger partial charge in [0.15, 0.2) is 16.6 Å². The number of nitrogens with zero attached hydrogens (tertiary/aromatic N) is 2. The van der Waals surface area contributed by atoms with Crippen molar-refractivity contribution in [3.05, 3.63) is 57.1 Å². The van der Waals surface area contributed by atoms with Crippen LogP contribution in [-0.2, 0) is 0 Å². The summed E-state index contributed by atoms with van der Waals surface area (Å²) in [5, 5.41) is 8.93. The van der Waals surface area contributed by atoms with Gasteiger partial charge in [0.1, 0.15) is 10.4 Å². The van der Waals surface area contributed by atoms with E-state index in [1.54, 1.807) is 24.3 Å². The van der Waals surface area contributed by atoms with Crippen molar-refractivity contribution in [2.24, 2.45) is 0 Å². The second-order valence-corrected chi connectivity index (χ2v) is 6.24. The van der Waals surface area contributed by atoms with Gasteiger partial charge in [-0.15, -0.1) is 11.3 Å². The number of aromatic nitrogens is 2. The molecule has 3 aromatic heterocycles. The molecule has 0 fully saturated rings. The largest absolute Gasteiger partial charge is 0.477 e. The molecule has 4 rings (SSSR count). The number of aromatic carboxylic acids is 1. The second-order valence-electron chi connectivity index (χ2n) is 4.85. The van der Waals surface area contributed by atoms with Crippen LogP contribution in [0.15, 0.2) is 35.1 Å². The van der Waals surface area contributed by atoms with Gasteiger partial charge < -0.3 is 5.11 Å². The Hall–Kier alpha value is -2.51. The predicted molar refractivity (Wildman–Crippen MR) is 86.3 cm³/mol. The van der Waals surface area contributed by atoms with Crippen LogP contribution in [0.3, 0.4) is 0 Å². The fourth-order valence-electron chi connectivity index (χ4n) is 2.58. The van der Waals surface area contributed by atoms with Crippen molar-refractivity contribution < 1.29 is 14.3 Å². The number of hydrogen-bond donors (Lipinski definition) is 1. The number of fused-ring (bicyclic) bond motifs is 5. The molecule has 0 aliphatic carbocycles. The molecule has 4 aromatic rings. The molecule has 5 nitrogen and oxygen atoms in total. The highest BCUT2D eigenvalue weighted by atomic mass is 35.5. The average molecular weight is 349 g/mol. The lowest BCUT2D eigenvalue weighted by Crippen LogP contribution is -2.18. The van der Waals surface area contributed by atoms with Gasteiger partial charge in [0.25, 0.3) is 0 Å². The number of halogens is 2. The van der Waals surface area contributed by atoms with Gasteiger partial charge in [-0.2, -0.15) is 0 Å². The first-order chi connectivity index (χ1) is 11.0. The number of para-hydroxylation sites is 1. The molecule has 1 N–H and O–H groups in total. The maximum absolute atomic E-state index is 13.7. The molecule has 0 saturated heterocycles. The Balaban J connectivity index is 2.43. The van der Waals surface area contributed by atoms with E-state index in [9.17, 15) is 19.1 Å². The third kappa shape index (κ3) is 1.87. The lowest BCUT2D eigenvalue weighted by Gasteiger charge is -2.06. The predicted octanol–water partition coefficient (Wildman–Crippen LogP) is 3.55. The summed E-state index contributed by atoms with van der Waals surface area (Å²) >= 11 is 6.91. The van der Waals surface area contributed by atoms with E-state index in [0.717, 1.165) is 22.1 Å². The van der Waals surface area contributed by atoms with Crippen molar-refractivity contribution in [1.29, 1.82) is 0 Å². The van der Waals surface area contributed by atoms with Crippen LogP contribution in [0.1, 0.15) is 10.4 Å². The van der Waals surface area contributed by atoms with Crippen LogP contribution in [0.2, 0.25) is 5.15 Å². The van der Waals surface area contributed by atoms with Gasteiger partial charge in [0.05, 0.1) is 15.6 Å². The molecule has 0 saturated carbocycles. The van der Waals surface area contributed by atoms with Crippen molar-refractivity contribution in [3.63, 3.8) is 0 Å². The third-order valence-corrected chi connectivity index (χ3v) is 4.95. The van der Waals surface area contributed by atoms with Crippen LogP contribution in [-0.4, -0.2) is 20.5 Å². The van der Waals surface area contributed by atoms with Gasteiger partial charge in [-0.3, -0.25) is 9.20 Å². The summed E-state index contributed by atoms with van der Waals surface area (Å²) in [5.41, 5.74) is -0.363. The van der Waals surface area contributed by atoms with Crippen molar-refractivity contribution >= 4 is 55.0 Å². The first kappa shape index (κ1) is 14.1. The average Bonchev–Trinajstić information content (AvgIpc) is 2.88. The zero-order valence-electron chi connectivity index (χ0n) is 11.2. The molecule has 23 heavy (non-hydrogen) atoms. The molecule has 8 heteroatoms. The highest BCUT2D eigenvalue weighted by Gasteiger charge is 2.23. The van der Waals surface area contributed by atoms with E-state index < -0.39 is 22.8 Å². The summed E-state index contributed by atoms with van der Waals surface area (Å²) < 4.78 is 16.0. The van der Waals surface area contributed by atoms with Crippen LogP contribution in [0, 0.1) is 5.82 Å². The summed E-state index contributed by atoms with van der Waals surface area (Å²) in [6.45, 7) is 0. The molecule has 1 aromatic carbocycles. The first-order valence-corrected chi connectivity index (χ1v) is 7.64. The minimum absolute atomic E-state index is 0.120. The fraction of sp³-hybridized carbons (Fsp3) is 0. The number of hydrogen-bond acceptors (Lipinski definition) is 4. The number of thiazole rings is 1. The number of carboxylic acids is 1. The molecule has 0 atom stereocenters. The van der Waals surface area contributed by atoms with Gasteiger partial charge in [0, 0.05) is 0 Å². The van der Waals surface area contributed by atoms with Crippen molar-refractivity contribution in [2.75, 3.05) is 0 Å². The van der Waals surface area contributed by atoms with Crippen LogP contribution in [0.4, 0.5) is 4.39 Å². The van der Waals surface area contributed by atoms with Gasteiger partial charge >= 0.3 is 5.97 Å². The Morgan fingerprint density at radius 1 is 1.35 bits per heavy atom. The molecule has 0 bridgehead atoms. The van der Waals surface area contributed by atoms with Crippen molar-refractivity contribution in [3.8, 4) is 0 Å². The minimum atomic E-state index is -1.36. The van der Waals surface area contributed by atoms with Gasteiger partial charge in [-0.1, -0.05) is 23.7 Å². The molecule has 0 radical (unpaired) electrons. The molecular formula is C15H6ClFN2O3S. The maximum Gasteiger partial charge on any atom is 0.342 e. The molecular weight excluding hydrogens is 343 g/mol. The van der Waals surface area contributed by atoms with E-state index in [1.165, 1.54) is 4.40 Å². The van der Waals surface area contributed by atoms with Crippen LogP contribution < -0.4 is 5.43 Å². The van der Waals surface area contributed by atoms with E-state index >= 15 is 0 Å².